The molecule has 2 amide bonds. The molecule has 2 rings (SSSR count). The van der Waals surface area contributed by atoms with Gasteiger partial charge in [0.15, 0.2) is 0 Å². The van der Waals surface area contributed by atoms with E-state index in [1.807, 2.05) is 51.1 Å². The molecule has 0 unspecified atom stereocenters. The van der Waals surface area contributed by atoms with Crippen LogP contribution in [-0.2, 0) is 32.3 Å². The van der Waals surface area contributed by atoms with E-state index in [9.17, 15) is 31.2 Å². The van der Waals surface area contributed by atoms with Gasteiger partial charge in [-0.3, -0.25) is 13.9 Å². The molecule has 1 N–H and O–H groups in total. The molecule has 0 heterocycles. The van der Waals surface area contributed by atoms with Crippen molar-refractivity contribution < 1.29 is 31.2 Å². The molecule has 0 aliphatic carbocycles. The van der Waals surface area contributed by atoms with Crippen molar-refractivity contribution in [3.63, 3.8) is 0 Å². The summed E-state index contributed by atoms with van der Waals surface area (Å²) >= 11 is 0. The number of nitrogens with one attached hydrogen (secondary N) is 1. The summed E-state index contributed by atoms with van der Waals surface area (Å²) in [4.78, 5) is 27.9. The number of alkyl halides is 3. The van der Waals surface area contributed by atoms with E-state index in [0.29, 0.717) is 6.42 Å². The van der Waals surface area contributed by atoms with Gasteiger partial charge in [0.05, 0.1) is 17.5 Å². The van der Waals surface area contributed by atoms with Gasteiger partial charge in [-0.25, -0.2) is 8.42 Å². The van der Waals surface area contributed by atoms with Crippen LogP contribution in [0, 0.1) is 0 Å². The maximum Gasteiger partial charge on any atom is 0.416 e. The summed E-state index contributed by atoms with van der Waals surface area (Å²) in [5, 5.41) is 2.92. The Morgan fingerprint density at radius 2 is 1.66 bits per heavy atom. The first-order chi connectivity index (χ1) is 17.8. The fraction of sp³-hybridized carbons (Fsp3) is 0.481. The van der Waals surface area contributed by atoms with E-state index in [1.54, 1.807) is 0 Å². The molecule has 0 spiro atoms. The number of amides is 2. The van der Waals surface area contributed by atoms with E-state index >= 15 is 0 Å². The minimum absolute atomic E-state index is 0.0524. The summed E-state index contributed by atoms with van der Waals surface area (Å²) in [5.41, 5.74) is -0.264. The molecule has 2 atom stereocenters. The number of carbonyl (C=O) groups is 2. The van der Waals surface area contributed by atoms with E-state index in [1.165, 1.54) is 11.0 Å². The average molecular weight is 556 g/mol. The van der Waals surface area contributed by atoms with Gasteiger partial charge in [0.2, 0.25) is 21.8 Å². The second kappa shape index (κ2) is 13.6. The Balaban J connectivity index is 2.24. The van der Waals surface area contributed by atoms with Crippen LogP contribution in [0.5, 0.6) is 0 Å². The first-order valence-electron chi connectivity index (χ1n) is 12.6. The first kappa shape index (κ1) is 31.1. The SMILES string of the molecule is CC[C@H](C(=O)N[C@@H](C)CC)N(Cc1ccccc1)C(=O)CCCN(c1cccc(C(F)(F)F)c1)S(C)(=O)=O. The average Bonchev–Trinajstić information content (AvgIpc) is 2.85. The van der Waals surface area contributed by atoms with Crippen LogP contribution in [0.3, 0.4) is 0 Å². The van der Waals surface area contributed by atoms with Gasteiger partial charge in [-0.15, -0.1) is 0 Å². The van der Waals surface area contributed by atoms with Gasteiger partial charge < -0.3 is 10.2 Å². The third-order valence-electron chi connectivity index (χ3n) is 6.20. The Morgan fingerprint density at radius 3 is 2.21 bits per heavy atom. The number of halogens is 3. The standard InChI is InChI=1S/C27H36F3N3O4S/c1-5-20(3)31-26(35)24(6-2)32(19-21-12-8-7-9-13-21)25(34)16-11-17-33(38(4,36)37)23-15-10-14-22(18-23)27(28,29)30/h7-10,12-15,18,20,24H,5-6,11,16-17,19H2,1-4H3,(H,31,35)/t20-,24+/m0/s1. The number of rotatable bonds is 13. The topological polar surface area (TPSA) is 86.8 Å². The molecule has 0 aliphatic rings. The normalized spacial score (nSPS) is 13.4. The van der Waals surface area contributed by atoms with Gasteiger partial charge in [0.25, 0.3) is 0 Å². The Morgan fingerprint density at radius 1 is 1.00 bits per heavy atom. The summed E-state index contributed by atoms with van der Waals surface area (Å²) in [6, 6.07) is 12.5. The highest BCUT2D eigenvalue weighted by Crippen LogP contribution is 2.32. The molecule has 0 aliphatic heterocycles. The summed E-state index contributed by atoms with van der Waals surface area (Å²) in [7, 11) is -3.92. The molecule has 0 radical (unpaired) electrons. The second-order valence-electron chi connectivity index (χ2n) is 9.24. The number of nitrogens with zero attached hydrogens (tertiary/aromatic N) is 2. The third kappa shape index (κ3) is 9.04. The van der Waals surface area contributed by atoms with Gasteiger partial charge >= 0.3 is 6.18 Å². The Bertz CT molecular complexity index is 1170. The smallest absolute Gasteiger partial charge is 0.352 e. The van der Waals surface area contributed by atoms with Crippen molar-refractivity contribution in [3.05, 3.63) is 65.7 Å². The minimum Gasteiger partial charge on any atom is -0.352 e. The predicted molar refractivity (Wildman–Crippen MR) is 142 cm³/mol. The van der Waals surface area contributed by atoms with Crippen LogP contribution in [0.4, 0.5) is 18.9 Å². The molecule has 11 heteroatoms. The Kier molecular flexibility index (Phi) is 11.2. The van der Waals surface area contributed by atoms with E-state index in [0.717, 1.165) is 40.7 Å². The van der Waals surface area contributed by atoms with E-state index < -0.39 is 27.8 Å². The Labute approximate surface area is 223 Å². The van der Waals surface area contributed by atoms with Crippen LogP contribution in [0.15, 0.2) is 54.6 Å². The predicted octanol–water partition coefficient (Wildman–Crippen LogP) is 4.97. The van der Waals surface area contributed by atoms with Crippen molar-refractivity contribution in [3.8, 4) is 0 Å². The van der Waals surface area contributed by atoms with Crippen molar-refractivity contribution in [2.24, 2.45) is 0 Å². The summed E-state index contributed by atoms with van der Waals surface area (Å²) in [6.45, 7) is 5.62. The van der Waals surface area contributed by atoms with Gasteiger partial charge in [-0.2, -0.15) is 13.2 Å². The number of benzene rings is 2. The molecule has 0 aromatic heterocycles. The molecular formula is C27H36F3N3O4S. The highest BCUT2D eigenvalue weighted by Gasteiger charge is 2.32. The molecule has 0 saturated carbocycles. The molecule has 210 valence electrons. The van der Waals surface area contributed by atoms with E-state index in [2.05, 4.69) is 5.32 Å². The second-order valence-corrected chi connectivity index (χ2v) is 11.1. The van der Waals surface area contributed by atoms with Gasteiger partial charge in [0, 0.05) is 25.6 Å². The van der Waals surface area contributed by atoms with Gasteiger partial charge in [0.1, 0.15) is 6.04 Å². The van der Waals surface area contributed by atoms with Crippen LogP contribution in [0.1, 0.15) is 57.6 Å². The third-order valence-corrected chi connectivity index (χ3v) is 7.39. The fourth-order valence-electron chi connectivity index (χ4n) is 3.98. The van der Waals surface area contributed by atoms with Crippen LogP contribution < -0.4 is 9.62 Å². The Hall–Kier alpha value is -3.08. The lowest BCUT2D eigenvalue weighted by atomic mass is 10.1. The van der Waals surface area contributed by atoms with Crippen molar-refractivity contribution in [2.75, 3.05) is 17.1 Å². The highest BCUT2D eigenvalue weighted by atomic mass is 32.2. The lowest BCUT2D eigenvalue weighted by Gasteiger charge is -2.32. The number of hydrogen-bond acceptors (Lipinski definition) is 4. The minimum atomic E-state index is -4.63. The summed E-state index contributed by atoms with van der Waals surface area (Å²) in [5.74, 6) is -0.620. The number of carbonyl (C=O) groups excluding carboxylic acids is 2. The number of sulfonamides is 1. The molecule has 0 bridgehead atoms. The molecular weight excluding hydrogens is 519 g/mol. The van der Waals surface area contributed by atoms with Crippen molar-refractivity contribution in [1.82, 2.24) is 10.2 Å². The van der Waals surface area contributed by atoms with Crippen LogP contribution >= 0.6 is 0 Å². The lowest BCUT2D eigenvalue weighted by Crippen LogP contribution is -2.50. The van der Waals surface area contributed by atoms with Crippen molar-refractivity contribution >= 4 is 27.5 Å². The molecule has 2 aromatic rings. The highest BCUT2D eigenvalue weighted by molar-refractivity contribution is 7.92. The zero-order valence-corrected chi connectivity index (χ0v) is 23.0. The molecule has 38 heavy (non-hydrogen) atoms. The van der Waals surface area contributed by atoms with Crippen molar-refractivity contribution in [2.45, 2.75) is 71.3 Å². The molecule has 0 saturated heterocycles. The van der Waals surface area contributed by atoms with Gasteiger partial charge in [-0.05, 0) is 49.9 Å². The van der Waals surface area contributed by atoms with Crippen LogP contribution in [0.2, 0.25) is 0 Å². The van der Waals surface area contributed by atoms with E-state index in [-0.39, 0.29) is 49.5 Å². The molecule has 0 fully saturated rings. The number of hydrogen-bond donors (Lipinski definition) is 1. The summed E-state index contributed by atoms with van der Waals surface area (Å²) < 4.78 is 65.2. The number of anilines is 1. The maximum absolute atomic E-state index is 13.4. The van der Waals surface area contributed by atoms with E-state index in [4.69, 9.17) is 0 Å². The monoisotopic (exact) mass is 555 g/mol. The van der Waals surface area contributed by atoms with Gasteiger partial charge in [-0.1, -0.05) is 50.2 Å². The molecule has 2 aromatic carbocycles. The molecule has 7 nitrogen and oxygen atoms in total. The zero-order valence-electron chi connectivity index (χ0n) is 22.2. The van der Waals surface area contributed by atoms with Crippen LogP contribution in [-0.4, -0.2) is 50.0 Å². The maximum atomic E-state index is 13.4. The quantitative estimate of drug-likeness (QED) is 0.378. The van der Waals surface area contributed by atoms with Crippen molar-refractivity contribution in [1.29, 1.82) is 0 Å². The van der Waals surface area contributed by atoms with Crippen LogP contribution in [0.25, 0.3) is 0 Å². The fourth-order valence-corrected chi connectivity index (χ4v) is 4.94. The largest absolute Gasteiger partial charge is 0.416 e. The lowest BCUT2D eigenvalue weighted by molar-refractivity contribution is -0.141. The zero-order chi connectivity index (χ0) is 28.5. The first-order valence-corrected chi connectivity index (χ1v) is 14.4. The summed E-state index contributed by atoms with van der Waals surface area (Å²) in [6.07, 6.45) is -2.66.